The van der Waals surface area contributed by atoms with E-state index < -0.39 is 17.1 Å². The number of phenols is 1. The van der Waals surface area contributed by atoms with Gasteiger partial charge in [-0.2, -0.15) is 0 Å². The van der Waals surface area contributed by atoms with Crippen molar-refractivity contribution in [3.05, 3.63) is 71.3 Å². The molecule has 6 nitrogen and oxygen atoms in total. The second-order valence-electron chi connectivity index (χ2n) is 11.5. The summed E-state index contributed by atoms with van der Waals surface area (Å²) >= 11 is 0. The summed E-state index contributed by atoms with van der Waals surface area (Å²) in [5, 5.41) is 23.8. The molecular formula is C32H36N2O4. The molecule has 1 saturated carbocycles. The molecule has 1 amide bonds. The van der Waals surface area contributed by atoms with Gasteiger partial charge in [-0.1, -0.05) is 43.5 Å². The number of carbonyl (C=O) groups is 1. The van der Waals surface area contributed by atoms with Crippen LogP contribution < -0.4 is 4.74 Å². The number of ether oxygens (including phenoxy) is 1. The number of rotatable bonds is 4. The number of hydrogen-bond acceptors (Lipinski definition) is 5. The molecule has 2 aromatic rings. The first-order valence-corrected chi connectivity index (χ1v) is 13.7. The molecule has 6 rings (SSSR count). The molecule has 1 spiro atoms. The molecule has 1 saturated heterocycles. The Morgan fingerprint density at radius 1 is 1.34 bits per heavy atom. The van der Waals surface area contributed by atoms with Crippen LogP contribution in [0.4, 0.5) is 0 Å². The third-order valence-corrected chi connectivity index (χ3v) is 9.77. The molecule has 0 radical (unpaired) electrons. The number of carbonyl (C=O) groups excluding carboxylic acids is 1. The molecule has 0 aromatic heterocycles. The Bertz CT molecular complexity index is 1380. The maximum Gasteiger partial charge on any atom is 0.298 e. The van der Waals surface area contributed by atoms with Crippen LogP contribution in [0.1, 0.15) is 48.4 Å². The van der Waals surface area contributed by atoms with Gasteiger partial charge in [0.15, 0.2) is 11.5 Å². The molecule has 2 fully saturated rings. The zero-order valence-corrected chi connectivity index (χ0v) is 22.4. The summed E-state index contributed by atoms with van der Waals surface area (Å²) in [6, 6.07) is 11.1. The highest BCUT2D eigenvalue weighted by Crippen LogP contribution is 2.67. The van der Waals surface area contributed by atoms with Crippen molar-refractivity contribution >= 4 is 5.91 Å². The smallest absolute Gasteiger partial charge is 0.298 e. The van der Waals surface area contributed by atoms with Crippen LogP contribution in [-0.2, 0) is 16.6 Å². The molecular weight excluding hydrogens is 476 g/mol. The first-order chi connectivity index (χ1) is 18.3. The van der Waals surface area contributed by atoms with Crippen LogP contribution >= 0.6 is 0 Å². The lowest BCUT2D eigenvalue weighted by molar-refractivity contribution is -0.226. The molecule has 2 aromatic carbocycles. The summed E-state index contributed by atoms with van der Waals surface area (Å²) in [4.78, 5) is 17.5. The highest BCUT2D eigenvalue weighted by atomic mass is 16.5. The van der Waals surface area contributed by atoms with Crippen LogP contribution in [-0.4, -0.2) is 69.8 Å². The van der Waals surface area contributed by atoms with Gasteiger partial charge in [-0.15, -0.1) is 6.58 Å². The van der Waals surface area contributed by atoms with E-state index in [0.29, 0.717) is 31.6 Å². The lowest BCUT2D eigenvalue weighted by Crippen LogP contribution is -2.80. The van der Waals surface area contributed by atoms with Crippen molar-refractivity contribution in [2.75, 3.05) is 20.1 Å². The fourth-order valence-electron chi connectivity index (χ4n) is 8.15. The van der Waals surface area contributed by atoms with Crippen molar-refractivity contribution in [2.45, 2.75) is 68.7 Å². The minimum absolute atomic E-state index is 0.0496. The van der Waals surface area contributed by atoms with Crippen LogP contribution in [0.5, 0.6) is 11.5 Å². The fourth-order valence-corrected chi connectivity index (χ4v) is 8.15. The number of likely N-dealkylation sites (tertiary alicyclic amines) is 1. The number of nitrogens with zero attached hydrogens (tertiary/aromatic N) is 2. The van der Waals surface area contributed by atoms with E-state index in [1.807, 2.05) is 43.3 Å². The summed E-state index contributed by atoms with van der Waals surface area (Å²) in [6.45, 7) is 9.60. The minimum atomic E-state index is -1.05. The molecule has 2 N–H and O–H groups in total. The number of phenolic OH excluding ortho intramolecular Hbond substituents is 1. The summed E-state index contributed by atoms with van der Waals surface area (Å²) in [5.74, 6) is 6.13. The Labute approximate surface area is 224 Å². The van der Waals surface area contributed by atoms with Crippen molar-refractivity contribution in [1.82, 2.24) is 9.80 Å². The van der Waals surface area contributed by atoms with Gasteiger partial charge in [0.2, 0.25) is 0 Å². The van der Waals surface area contributed by atoms with Gasteiger partial charge in [0, 0.05) is 36.7 Å². The fraction of sp³-hybridized carbons (Fsp3) is 0.469. The maximum absolute atomic E-state index is 13.4. The number of aromatic hydroxyl groups is 1. The van der Waals surface area contributed by atoms with Crippen LogP contribution in [0, 0.1) is 24.7 Å². The van der Waals surface area contributed by atoms with E-state index in [2.05, 4.69) is 30.2 Å². The number of aliphatic hydroxyl groups is 1. The molecule has 198 valence electrons. The highest BCUT2D eigenvalue weighted by molar-refractivity contribution is 5.94. The Balaban J connectivity index is 1.45. The molecule has 6 atom stereocenters. The van der Waals surface area contributed by atoms with Crippen LogP contribution in [0.2, 0.25) is 0 Å². The van der Waals surface area contributed by atoms with Gasteiger partial charge in [-0.05, 0) is 68.0 Å². The van der Waals surface area contributed by atoms with Crippen molar-refractivity contribution in [3.8, 4) is 23.3 Å². The number of piperidine rings is 1. The SMILES string of the molecule is C=CCN1CC[C@]23c4c5ccc(O)c4O[C@H]2[C@@H](N(C)C(=O)C#Cc2cccc(C)c2)C[C@H](CC)[C@@]3(O)[C@H]1C5. The Morgan fingerprint density at radius 3 is 2.89 bits per heavy atom. The Hall–Kier alpha value is -3.27. The van der Waals surface area contributed by atoms with Crippen molar-refractivity contribution in [1.29, 1.82) is 0 Å². The molecule has 2 aliphatic carbocycles. The van der Waals surface area contributed by atoms with Gasteiger partial charge in [0.05, 0.1) is 17.1 Å². The molecule has 2 aliphatic heterocycles. The lowest BCUT2D eigenvalue weighted by atomic mass is 9.45. The number of hydrogen-bond donors (Lipinski definition) is 2. The van der Waals surface area contributed by atoms with Crippen LogP contribution in [0.15, 0.2) is 49.1 Å². The van der Waals surface area contributed by atoms with Gasteiger partial charge in [-0.25, -0.2) is 0 Å². The normalized spacial score (nSPS) is 32.4. The van der Waals surface area contributed by atoms with Gasteiger partial charge in [-0.3, -0.25) is 9.69 Å². The Kier molecular flexibility index (Phi) is 5.86. The number of benzene rings is 2. The van der Waals surface area contributed by atoms with Gasteiger partial charge < -0.3 is 19.8 Å². The quantitative estimate of drug-likeness (QED) is 0.484. The van der Waals surface area contributed by atoms with E-state index in [9.17, 15) is 15.0 Å². The second-order valence-corrected chi connectivity index (χ2v) is 11.5. The molecule has 2 heterocycles. The van der Waals surface area contributed by atoms with Crippen LogP contribution in [0.25, 0.3) is 0 Å². The van der Waals surface area contributed by atoms with E-state index in [4.69, 9.17) is 4.74 Å². The van der Waals surface area contributed by atoms with Gasteiger partial charge >= 0.3 is 0 Å². The highest BCUT2D eigenvalue weighted by Gasteiger charge is 2.75. The maximum atomic E-state index is 13.4. The predicted octanol–water partition coefficient (Wildman–Crippen LogP) is 3.56. The van der Waals surface area contributed by atoms with Crippen molar-refractivity contribution in [2.24, 2.45) is 5.92 Å². The van der Waals surface area contributed by atoms with Crippen molar-refractivity contribution < 1.29 is 19.7 Å². The van der Waals surface area contributed by atoms with E-state index in [-0.39, 0.29) is 29.7 Å². The first kappa shape index (κ1) is 25.0. The van der Waals surface area contributed by atoms with E-state index in [1.165, 1.54) is 0 Å². The monoisotopic (exact) mass is 512 g/mol. The average molecular weight is 513 g/mol. The predicted molar refractivity (Wildman–Crippen MR) is 146 cm³/mol. The molecule has 6 heteroatoms. The van der Waals surface area contributed by atoms with Crippen molar-refractivity contribution in [3.63, 3.8) is 0 Å². The number of aryl methyl sites for hydroxylation is 1. The van der Waals surface area contributed by atoms with Gasteiger partial charge in [0.1, 0.15) is 6.10 Å². The summed E-state index contributed by atoms with van der Waals surface area (Å²) in [6.07, 6.45) is 4.21. The van der Waals surface area contributed by atoms with E-state index in [1.54, 1.807) is 18.0 Å². The third kappa shape index (κ3) is 3.25. The third-order valence-electron chi connectivity index (χ3n) is 9.77. The first-order valence-electron chi connectivity index (χ1n) is 13.7. The van der Waals surface area contributed by atoms with Gasteiger partial charge in [0.25, 0.3) is 5.91 Å². The summed E-state index contributed by atoms with van der Waals surface area (Å²) < 4.78 is 6.63. The molecule has 38 heavy (non-hydrogen) atoms. The zero-order valence-electron chi connectivity index (χ0n) is 22.4. The number of likely N-dealkylation sites (N-methyl/N-ethyl adjacent to an activating group) is 1. The Morgan fingerprint density at radius 2 is 2.16 bits per heavy atom. The second kappa shape index (κ2) is 8.90. The summed E-state index contributed by atoms with van der Waals surface area (Å²) in [5.41, 5.74) is 2.21. The van der Waals surface area contributed by atoms with Crippen LogP contribution in [0.3, 0.4) is 0 Å². The average Bonchev–Trinajstić information content (AvgIpc) is 3.25. The number of amides is 1. The summed E-state index contributed by atoms with van der Waals surface area (Å²) in [7, 11) is 1.80. The molecule has 4 aliphatic rings. The lowest BCUT2D eigenvalue weighted by Gasteiger charge is -2.67. The molecule has 2 bridgehead atoms. The van der Waals surface area contributed by atoms with E-state index >= 15 is 0 Å². The minimum Gasteiger partial charge on any atom is -0.504 e. The molecule has 0 unspecified atom stereocenters. The topological polar surface area (TPSA) is 73.2 Å². The zero-order chi connectivity index (χ0) is 26.8. The largest absolute Gasteiger partial charge is 0.504 e. The standard InChI is InChI=1S/C32H36N2O4/c1-5-15-34-16-14-31-28-22-11-12-25(35)29(28)38-30(31)24(19-23(6-2)32(31,37)26(34)18-22)33(4)27(36)13-10-21-9-7-8-20(3)17-21/h5,7-9,11-12,17,23-24,26,30,35,37H,1,6,14-16,18-19H2,2-4H3/t23-,24-,26+,30-,31-,32+/m0/s1. The van der Waals surface area contributed by atoms with E-state index in [0.717, 1.165) is 35.2 Å².